The quantitative estimate of drug-likeness (QED) is 0.608. The van der Waals surface area contributed by atoms with Crippen molar-refractivity contribution in [2.45, 2.75) is 0 Å². The van der Waals surface area contributed by atoms with Crippen molar-refractivity contribution in [3.05, 3.63) is 48.5 Å². The summed E-state index contributed by atoms with van der Waals surface area (Å²) in [6.45, 7) is 0. The summed E-state index contributed by atoms with van der Waals surface area (Å²) in [7, 11) is 5.62. The lowest BCUT2D eigenvalue weighted by Crippen LogP contribution is -2.34. The molecule has 0 spiro atoms. The summed E-state index contributed by atoms with van der Waals surface area (Å²) in [6.07, 6.45) is 0. The van der Waals surface area contributed by atoms with E-state index in [-0.39, 0.29) is 0 Å². The van der Waals surface area contributed by atoms with Crippen LogP contribution in [0, 0.1) is 0 Å². The number of benzene rings is 2. The molecule has 6 heteroatoms. The smallest absolute Gasteiger partial charge is 0.355 e. The van der Waals surface area contributed by atoms with Gasteiger partial charge in [-0.15, -0.1) is 0 Å². The van der Waals surface area contributed by atoms with Gasteiger partial charge in [0.25, 0.3) is 0 Å². The molecule has 2 aromatic carbocycles. The van der Waals surface area contributed by atoms with E-state index >= 15 is 0 Å². The van der Waals surface area contributed by atoms with Crippen LogP contribution in [-0.2, 0) is 8.85 Å². The Balaban J connectivity index is 2.06. The largest absolute Gasteiger partial charge is 0.397 e. The van der Waals surface area contributed by atoms with E-state index in [1.54, 1.807) is 14.2 Å². The highest BCUT2D eigenvalue weighted by Crippen LogP contribution is 2.20. The van der Waals surface area contributed by atoms with Gasteiger partial charge >= 0.3 is 9.28 Å². The summed E-state index contributed by atoms with van der Waals surface area (Å²) in [5.41, 5.74) is 2.77. The van der Waals surface area contributed by atoms with Crippen LogP contribution < -0.4 is 10.1 Å². The van der Waals surface area contributed by atoms with Crippen molar-refractivity contribution in [1.29, 1.82) is 0 Å². The predicted octanol–water partition coefficient (Wildman–Crippen LogP) is 2.89. The van der Waals surface area contributed by atoms with Gasteiger partial charge in [-0.05, 0) is 41.6 Å². The van der Waals surface area contributed by atoms with E-state index in [1.165, 1.54) is 0 Å². The van der Waals surface area contributed by atoms with Gasteiger partial charge in [0.15, 0.2) is 0 Å². The Morgan fingerprint density at radius 2 is 1.23 bits per heavy atom. The van der Waals surface area contributed by atoms with Crippen molar-refractivity contribution < 1.29 is 8.85 Å². The lowest BCUT2D eigenvalue weighted by atomic mass is 10.3. The fourth-order valence-corrected chi connectivity index (χ4v) is 3.24. The van der Waals surface area contributed by atoms with Gasteiger partial charge in [-0.1, -0.05) is 12.1 Å². The van der Waals surface area contributed by atoms with Crippen LogP contribution in [0.15, 0.2) is 58.8 Å². The maximum atomic E-state index is 5.34. The molecule has 2 rings (SSSR count). The van der Waals surface area contributed by atoms with E-state index in [9.17, 15) is 0 Å². The van der Waals surface area contributed by atoms with Crippen molar-refractivity contribution in [3.63, 3.8) is 0 Å². The van der Waals surface area contributed by atoms with Crippen LogP contribution in [0.1, 0.15) is 0 Å². The van der Waals surface area contributed by atoms with Crippen LogP contribution in [-0.4, -0.2) is 37.6 Å². The zero-order valence-electron chi connectivity index (χ0n) is 13.4. The van der Waals surface area contributed by atoms with Crippen molar-refractivity contribution >= 4 is 31.5 Å². The Hall–Kier alpha value is -2.02. The van der Waals surface area contributed by atoms with Crippen LogP contribution >= 0.6 is 0 Å². The Morgan fingerprint density at radius 1 is 0.773 bits per heavy atom. The molecule has 22 heavy (non-hydrogen) atoms. The molecule has 2 aromatic rings. The van der Waals surface area contributed by atoms with Gasteiger partial charge in [-0.2, -0.15) is 10.2 Å². The monoisotopic (exact) mass is 315 g/mol. The molecular weight excluding hydrogens is 294 g/mol. The summed E-state index contributed by atoms with van der Waals surface area (Å²) < 4.78 is 10.7. The third-order valence-corrected chi connectivity index (χ3v) is 5.03. The number of anilines is 1. The zero-order valence-corrected chi connectivity index (χ0v) is 14.5. The van der Waals surface area contributed by atoms with Gasteiger partial charge in [-0.3, -0.25) is 0 Å². The summed E-state index contributed by atoms with van der Waals surface area (Å²) in [5, 5.41) is 9.58. The minimum Gasteiger partial charge on any atom is -0.397 e. The zero-order chi connectivity index (χ0) is 15.9. The molecule has 0 unspecified atom stereocenters. The van der Waals surface area contributed by atoms with Gasteiger partial charge in [-0.25, -0.2) is 0 Å². The first-order valence-electron chi connectivity index (χ1n) is 6.98. The molecule has 0 aromatic heterocycles. The fraction of sp³-hybridized carbons (Fsp3) is 0.250. The molecule has 0 aliphatic heterocycles. The fourth-order valence-electron chi connectivity index (χ4n) is 2.00. The van der Waals surface area contributed by atoms with E-state index < -0.39 is 9.28 Å². The summed E-state index contributed by atoms with van der Waals surface area (Å²) in [6, 6.07) is 15.7. The lowest BCUT2D eigenvalue weighted by molar-refractivity contribution is 0.292. The third kappa shape index (κ3) is 4.24. The number of rotatable bonds is 6. The maximum absolute atomic E-state index is 5.34. The number of nitrogens with zero attached hydrogens (tertiary/aromatic N) is 3. The first kappa shape index (κ1) is 16.3. The molecule has 116 valence electrons. The molecule has 0 aliphatic carbocycles. The molecule has 0 bridgehead atoms. The minimum atomic E-state index is -1.74. The molecule has 0 N–H and O–H groups in total. The second-order valence-electron chi connectivity index (χ2n) is 5.01. The van der Waals surface area contributed by atoms with Gasteiger partial charge in [0.1, 0.15) is 0 Å². The topological polar surface area (TPSA) is 46.4 Å². The molecule has 0 radical (unpaired) electrons. The first-order valence-corrected chi connectivity index (χ1v) is 8.50. The summed E-state index contributed by atoms with van der Waals surface area (Å²) in [4.78, 5) is 2.05. The van der Waals surface area contributed by atoms with Crippen LogP contribution in [0.5, 0.6) is 0 Å². The number of azo groups is 1. The Labute approximate surface area is 133 Å². The molecule has 0 amide bonds. The minimum absolute atomic E-state index is 0.806. The number of hydrogen-bond donors (Lipinski definition) is 0. The van der Waals surface area contributed by atoms with E-state index in [0.29, 0.717) is 0 Å². The van der Waals surface area contributed by atoms with Crippen LogP contribution in [0.4, 0.5) is 17.1 Å². The van der Waals surface area contributed by atoms with E-state index in [2.05, 4.69) is 10.2 Å². The molecule has 0 heterocycles. The highest BCUT2D eigenvalue weighted by molar-refractivity contribution is 6.61. The molecule has 0 saturated carbocycles. The van der Waals surface area contributed by atoms with Crippen LogP contribution in [0.2, 0.25) is 0 Å². The molecule has 0 saturated heterocycles. The highest BCUT2D eigenvalue weighted by atomic mass is 28.3. The second kappa shape index (κ2) is 7.84. The molecule has 0 aliphatic rings. The Morgan fingerprint density at radius 3 is 1.64 bits per heavy atom. The van der Waals surface area contributed by atoms with Gasteiger partial charge in [0, 0.05) is 34.0 Å². The average Bonchev–Trinajstić information content (AvgIpc) is 2.55. The SMILES string of the molecule is CO[SiH](OC)c1ccc(N=Nc2ccc(N(C)C)cc2)cc1. The van der Waals surface area contributed by atoms with Gasteiger partial charge in [0.05, 0.1) is 11.4 Å². The van der Waals surface area contributed by atoms with Crippen molar-refractivity contribution in [2.75, 3.05) is 33.2 Å². The normalized spacial score (nSPS) is 11.3. The molecule has 0 atom stereocenters. The maximum Gasteiger partial charge on any atom is 0.355 e. The van der Waals surface area contributed by atoms with Crippen molar-refractivity contribution in [3.8, 4) is 0 Å². The third-order valence-electron chi connectivity index (χ3n) is 3.24. The molecule has 0 fully saturated rings. The van der Waals surface area contributed by atoms with E-state index in [0.717, 1.165) is 22.2 Å². The van der Waals surface area contributed by atoms with E-state index in [1.807, 2.05) is 67.5 Å². The number of hydrogen-bond acceptors (Lipinski definition) is 5. The average molecular weight is 315 g/mol. The van der Waals surface area contributed by atoms with Crippen LogP contribution in [0.25, 0.3) is 0 Å². The van der Waals surface area contributed by atoms with Crippen molar-refractivity contribution in [2.24, 2.45) is 10.2 Å². The second-order valence-corrected chi connectivity index (χ2v) is 7.28. The van der Waals surface area contributed by atoms with E-state index in [4.69, 9.17) is 8.85 Å². The molecule has 5 nitrogen and oxygen atoms in total. The molecular formula is C16H21N3O2Si. The van der Waals surface area contributed by atoms with Crippen LogP contribution in [0.3, 0.4) is 0 Å². The summed E-state index contributed by atoms with van der Waals surface area (Å²) >= 11 is 0. The lowest BCUT2D eigenvalue weighted by Gasteiger charge is -2.11. The standard InChI is InChI=1S/C16H21N3O2Si/c1-19(2)15-9-5-13(6-10-15)17-18-14-7-11-16(12-8-14)22(20-3)21-4/h5-12,22H,1-4H3. The van der Waals surface area contributed by atoms with Gasteiger partial charge in [0.2, 0.25) is 0 Å². The Kier molecular flexibility index (Phi) is 5.82. The first-order chi connectivity index (χ1) is 10.6. The predicted molar refractivity (Wildman–Crippen MR) is 92.2 cm³/mol. The van der Waals surface area contributed by atoms with Crippen molar-refractivity contribution in [1.82, 2.24) is 0 Å². The highest BCUT2D eigenvalue weighted by Gasteiger charge is 2.12. The Bertz CT molecular complexity index is 608. The van der Waals surface area contributed by atoms with Gasteiger partial charge < -0.3 is 13.8 Å². The summed E-state index contributed by atoms with van der Waals surface area (Å²) in [5.74, 6) is 0.